The third-order valence-electron chi connectivity index (χ3n) is 1.58. The molecule has 0 spiro atoms. The number of sulfone groups is 1. The van der Waals surface area contributed by atoms with Crippen LogP contribution in [0.4, 0.5) is 0 Å². The fourth-order valence-electron chi connectivity index (χ4n) is 1.03. The maximum Gasteiger partial charge on any atom is 0.152 e. The minimum atomic E-state index is -3.00. The predicted molar refractivity (Wildman–Crippen MR) is 34.2 cm³/mol. The van der Waals surface area contributed by atoms with Crippen molar-refractivity contribution in [2.24, 2.45) is 5.41 Å². The van der Waals surface area contributed by atoms with Crippen molar-refractivity contribution in [3.63, 3.8) is 0 Å². The Labute approximate surface area is 58.8 Å². The Hall–Kier alpha value is -0.420. The molecule has 10 heavy (non-hydrogen) atoms. The van der Waals surface area contributed by atoms with Gasteiger partial charge in [0.1, 0.15) is 6.29 Å². The van der Waals surface area contributed by atoms with Gasteiger partial charge in [0.25, 0.3) is 0 Å². The van der Waals surface area contributed by atoms with Crippen molar-refractivity contribution in [2.75, 3.05) is 18.1 Å². The number of hydrogen-bond donors (Lipinski definition) is 1. The van der Waals surface area contributed by atoms with Gasteiger partial charge in [0.15, 0.2) is 9.84 Å². The number of aliphatic hydroxyl groups excluding tert-OH is 1. The Bertz CT molecular complexity index is 228. The molecule has 0 bridgehead atoms. The monoisotopic (exact) mass is 164 g/mol. The molecule has 1 aliphatic rings. The summed E-state index contributed by atoms with van der Waals surface area (Å²) < 4.78 is 21.1. The molecule has 4 nitrogen and oxygen atoms in total. The number of carbonyl (C=O) groups excluding carboxylic acids is 1. The van der Waals surface area contributed by atoms with Crippen LogP contribution in [0, 0.1) is 5.41 Å². The molecule has 1 aliphatic heterocycles. The van der Waals surface area contributed by atoms with Gasteiger partial charge in [0, 0.05) is 0 Å². The number of aliphatic hydroxyl groups is 1. The van der Waals surface area contributed by atoms with Gasteiger partial charge in [-0.15, -0.1) is 0 Å². The maximum absolute atomic E-state index is 10.6. The summed E-state index contributed by atoms with van der Waals surface area (Å²) in [7, 11) is -3.00. The van der Waals surface area contributed by atoms with Gasteiger partial charge in [-0.1, -0.05) is 0 Å². The van der Waals surface area contributed by atoms with Crippen LogP contribution in [0.5, 0.6) is 0 Å². The van der Waals surface area contributed by atoms with Gasteiger partial charge in [0.05, 0.1) is 23.5 Å². The van der Waals surface area contributed by atoms with Crippen LogP contribution in [0.2, 0.25) is 0 Å². The topological polar surface area (TPSA) is 71.4 Å². The van der Waals surface area contributed by atoms with Crippen molar-refractivity contribution in [1.29, 1.82) is 0 Å². The average Bonchev–Trinajstić information content (AvgIpc) is 1.82. The van der Waals surface area contributed by atoms with Crippen LogP contribution in [0.1, 0.15) is 0 Å². The summed E-state index contributed by atoms with van der Waals surface area (Å²) in [6.45, 7) is -0.365. The summed E-state index contributed by atoms with van der Waals surface area (Å²) in [5.41, 5.74) is -0.973. The number of aldehydes is 1. The maximum atomic E-state index is 10.6. The van der Waals surface area contributed by atoms with Crippen LogP contribution < -0.4 is 0 Å². The van der Waals surface area contributed by atoms with Crippen LogP contribution in [-0.2, 0) is 14.6 Å². The Morgan fingerprint density at radius 2 is 2.00 bits per heavy atom. The lowest BCUT2D eigenvalue weighted by Crippen LogP contribution is -2.52. The molecule has 0 saturated carbocycles. The zero-order valence-corrected chi connectivity index (χ0v) is 6.10. The largest absolute Gasteiger partial charge is 0.395 e. The molecule has 0 radical (unpaired) electrons. The summed E-state index contributed by atoms with van der Waals surface area (Å²) in [6.07, 6.45) is 0.522. The van der Waals surface area contributed by atoms with Crippen molar-refractivity contribution in [3.8, 4) is 0 Å². The first-order valence-corrected chi connectivity index (χ1v) is 4.63. The molecule has 0 aromatic rings. The average molecular weight is 164 g/mol. The smallest absolute Gasteiger partial charge is 0.152 e. The van der Waals surface area contributed by atoms with E-state index >= 15 is 0 Å². The Morgan fingerprint density at radius 3 is 2.10 bits per heavy atom. The van der Waals surface area contributed by atoms with Gasteiger partial charge in [-0.05, 0) is 0 Å². The lowest BCUT2D eigenvalue weighted by molar-refractivity contribution is -0.116. The summed E-state index contributed by atoms with van der Waals surface area (Å²) in [4.78, 5) is 10.2. The number of hydrogen-bond acceptors (Lipinski definition) is 4. The van der Waals surface area contributed by atoms with E-state index in [-0.39, 0.29) is 18.1 Å². The first kappa shape index (κ1) is 7.68. The van der Waals surface area contributed by atoms with E-state index in [1.807, 2.05) is 0 Å². The van der Waals surface area contributed by atoms with E-state index in [0.717, 1.165) is 0 Å². The lowest BCUT2D eigenvalue weighted by Gasteiger charge is -2.33. The molecule has 1 N–H and O–H groups in total. The molecule has 0 atom stereocenters. The highest BCUT2D eigenvalue weighted by Crippen LogP contribution is 2.29. The summed E-state index contributed by atoms with van der Waals surface area (Å²) >= 11 is 0. The van der Waals surface area contributed by atoms with E-state index in [1.54, 1.807) is 0 Å². The molecule has 0 unspecified atom stereocenters. The molecule has 0 aliphatic carbocycles. The first-order valence-electron chi connectivity index (χ1n) is 2.81. The van der Waals surface area contributed by atoms with Crippen molar-refractivity contribution in [3.05, 3.63) is 0 Å². The van der Waals surface area contributed by atoms with E-state index in [2.05, 4.69) is 0 Å². The summed E-state index contributed by atoms with van der Waals surface area (Å²) in [6, 6.07) is 0. The second-order valence-electron chi connectivity index (χ2n) is 2.67. The van der Waals surface area contributed by atoms with Crippen molar-refractivity contribution in [1.82, 2.24) is 0 Å². The van der Waals surface area contributed by atoms with Crippen LogP contribution in [-0.4, -0.2) is 37.9 Å². The van der Waals surface area contributed by atoms with E-state index in [1.165, 1.54) is 0 Å². The molecular weight excluding hydrogens is 156 g/mol. The first-order chi connectivity index (χ1) is 4.54. The fourth-order valence-corrected chi connectivity index (χ4v) is 3.02. The van der Waals surface area contributed by atoms with Crippen molar-refractivity contribution >= 4 is 16.1 Å². The van der Waals surface area contributed by atoms with Gasteiger partial charge in [0.2, 0.25) is 0 Å². The number of rotatable bonds is 2. The molecule has 0 amide bonds. The lowest BCUT2D eigenvalue weighted by atomic mass is 9.96. The molecule has 58 valence electrons. The minimum Gasteiger partial charge on any atom is -0.395 e. The molecular formula is C5H8O4S. The normalized spacial score (nSPS) is 26.9. The van der Waals surface area contributed by atoms with E-state index < -0.39 is 15.3 Å². The minimum absolute atomic E-state index is 0.194. The Kier molecular flexibility index (Phi) is 1.56. The summed E-state index contributed by atoms with van der Waals surface area (Å²) in [5.74, 6) is -0.389. The zero-order valence-electron chi connectivity index (χ0n) is 5.28. The highest BCUT2D eigenvalue weighted by atomic mass is 32.2. The third kappa shape index (κ3) is 1.06. The molecule has 1 fully saturated rings. The van der Waals surface area contributed by atoms with Gasteiger partial charge in [-0.25, -0.2) is 8.42 Å². The highest BCUT2D eigenvalue weighted by Gasteiger charge is 2.48. The fraction of sp³-hybridized carbons (Fsp3) is 0.800. The van der Waals surface area contributed by atoms with Gasteiger partial charge < -0.3 is 9.90 Å². The van der Waals surface area contributed by atoms with Gasteiger partial charge in [-0.2, -0.15) is 0 Å². The van der Waals surface area contributed by atoms with E-state index in [9.17, 15) is 13.2 Å². The predicted octanol–water partition coefficient (Wildman–Crippen LogP) is -1.41. The Morgan fingerprint density at radius 1 is 1.50 bits per heavy atom. The second-order valence-corrected chi connectivity index (χ2v) is 4.74. The van der Waals surface area contributed by atoms with Crippen LogP contribution in [0.3, 0.4) is 0 Å². The molecule has 1 saturated heterocycles. The molecule has 1 heterocycles. The molecule has 0 aromatic heterocycles. The van der Waals surface area contributed by atoms with E-state index in [4.69, 9.17) is 5.11 Å². The SMILES string of the molecule is O=CC1(CO)CS(=O)(=O)C1. The molecule has 1 rings (SSSR count). The molecule has 0 aromatic carbocycles. The van der Waals surface area contributed by atoms with Gasteiger partial charge >= 0.3 is 0 Å². The van der Waals surface area contributed by atoms with Crippen molar-refractivity contribution < 1.29 is 18.3 Å². The third-order valence-corrected chi connectivity index (χ3v) is 3.61. The van der Waals surface area contributed by atoms with Gasteiger partial charge in [-0.3, -0.25) is 0 Å². The van der Waals surface area contributed by atoms with Crippen LogP contribution >= 0.6 is 0 Å². The second kappa shape index (κ2) is 2.03. The Balaban J connectivity index is 2.72. The zero-order chi connectivity index (χ0) is 7.83. The van der Waals surface area contributed by atoms with Crippen LogP contribution in [0.25, 0.3) is 0 Å². The standard InChI is InChI=1S/C5H8O4S/c6-1-5(2-7)3-10(8,9)4-5/h1,7H,2-4H2. The number of carbonyl (C=O) groups is 1. The highest BCUT2D eigenvalue weighted by molar-refractivity contribution is 7.93. The molecule has 5 heteroatoms. The quantitative estimate of drug-likeness (QED) is 0.509. The van der Waals surface area contributed by atoms with Crippen molar-refractivity contribution in [2.45, 2.75) is 0 Å². The summed E-state index contributed by atoms with van der Waals surface area (Å²) in [5, 5.41) is 8.57. The van der Waals surface area contributed by atoms with Crippen LogP contribution in [0.15, 0.2) is 0 Å². The van der Waals surface area contributed by atoms with E-state index in [0.29, 0.717) is 6.29 Å².